The summed E-state index contributed by atoms with van der Waals surface area (Å²) in [4.78, 5) is 32.9. The Balaban J connectivity index is 4.24. The van der Waals surface area contributed by atoms with E-state index in [1.165, 1.54) is 0 Å². The summed E-state index contributed by atoms with van der Waals surface area (Å²) in [5.41, 5.74) is 4.98. The molecule has 0 saturated carbocycles. The molecule has 0 aromatic carbocycles. The average molecular weight is 275 g/mol. The van der Waals surface area contributed by atoms with Gasteiger partial charge in [0.1, 0.15) is 6.04 Å². The second-order valence-electron chi connectivity index (χ2n) is 4.62. The van der Waals surface area contributed by atoms with Crippen LogP contribution in [-0.4, -0.2) is 46.8 Å². The summed E-state index contributed by atoms with van der Waals surface area (Å²) in [7, 11) is 0. The second-order valence-corrected chi connectivity index (χ2v) is 4.62. The lowest BCUT2D eigenvalue weighted by atomic mass is 10.0. The van der Waals surface area contributed by atoms with Gasteiger partial charge < -0.3 is 26.6 Å². The van der Waals surface area contributed by atoms with Gasteiger partial charge in [-0.15, -0.1) is 0 Å². The number of aliphatic hydroxyl groups excluding tert-OH is 1. The van der Waals surface area contributed by atoms with E-state index in [1.54, 1.807) is 0 Å². The van der Waals surface area contributed by atoms with Crippen molar-refractivity contribution < 1.29 is 24.6 Å². The van der Waals surface area contributed by atoms with E-state index in [0.717, 1.165) is 0 Å². The maximum absolute atomic E-state index is 11.8. The van der Waals surface area contributed by atoms with E-state index < -0.39 is 30.1 Å². The fourth-order valence-corrected chi connectivity index (χ4v) is 1.45. The second kappa shape index (κ2) is 8.30. The molecule has 0 radical (unpaired) electrons. The number of carbonyl (C=O) groups excluding carboxylic acids is 2. The number of carboxylic acids is 1. The van der Waals surface area contributed by atoms with E-state index in [-0.39, 0.29) is 18.9 Å². The van der Waals surface area contributed by atoms with E-state index >= 15 is 0 Å². The van der Waals surface area contributed by atoms with E-state index in [9.17, 15) is 14.4 Å². The van der Waals surface area contributed by atoms with Crippen molar-refractivity contribution in [2.75, 3.05) is 6.54 Å². The molecule has 19 heavy (non-hydrogen) atoms. The SMILES string of the molecule is CC(C)CC(NC(N)=O)C(=O)NCC[C@H](O)C(=O)O. The van der Waals surface area contributed by atoms with E-state index in [0.29, 0.717) is 6.42 Å². The molecular weight excluding hydrogens is 254 g/mol. The Hall–Kier alpha value is -1.83. The van der Waals surface area contributed by atoms with Crippen molar-refractivity contribution in [2.45, 2.75) is 38.8 Å². The van der Waals surface area contributed by atoms with E-state index in [1.807, 2.05) is 13.8 Å². The first-order valence-corrected chi connectivity index (χ1v) is 5.98. The Morgan fingerprint density at radius 3 is 2.26 bits per heavy atom. The molecule has 0 heterocycles. The smallest absolute Gasteiger partial charge is 0.332 e. The number of nitrogens with two attached hydrogens (primary N) is 1. The number of aliphatic hydroxyl groups is 1. The van der Waals surface area contributed by atoms with Gasteiger partial charge >= 0.3 is 12.0 Å². The third-order valence-corrected chi connectivity index (χ3v) is 2.34. The van der Waals surface area contributed by atoms with Crippen molar-refractivity contribution in [3.8, 4) is 0 Å². The van der Waals surface area contributed by atoms with Gasteiger partial charge in [-0.2, -0.15) is 0 Å². The summed E-state index contributed by atoms with van der Waals surface area (Å²) < 4.78 is 0. The van der Waals surface area contributed by atoms with Gasteiger partial charge in [0.2, 0.25) is 5.91 Å². The molecule has 110 valence electrons. The summed E-state index contributed by atoms with van der Waals surface area (Å²) in [6, 6.07) is -1.56. The average Bonchev–Trinajstić information content (AvgIpc) is 2.26. The van der Waals surface area contributed by atoms with Crippen LogP contribution in [0.1, 0.15) is 26.7 Å². The largest absolute Gasteiger partial charge is 0.479 e. The number of nitrogens with one attached hydrogen (secondary N) is 2. The van der Waals surface area contributed by atoms with Gasteiger partial charge in [0, 0.05) is 13.0 Å². The molecule has 8 nitrogen and oxygen atoms in total. The zero-order chi connectivity index (χ0) is 15.0. The topological polar surface area (TPSA) is 142 Å². The number of amides is 3. The standard InChI is InChI=1S/C11H21N3O5/c1-6(2)5-7(14-11(12)19)9(16)13-4-3-8(15)10(17)18/h6-8,15H,3-5H2,1-2H3,(H,13,16)(H,17,18)(H3,12,14,19)/t7?,8-/m0/s1. The number of carboxylic acid groups (broad SMARTS) is 1. The number of hydrogen-bond acceptors (Lipinski definition) is 4. The van der Waals surface area contributed by atoms with Crippen LogP contribution in [0.2, 0.25) is 0 Å². The molecule has 0 aliphatic heterocycles. The summed E-state index contributed by atoms with van der Waals surface area (Å²) in [6.45, 7) is 3.77. The number of urea groups is 1. The van der Waals surface area contributed by atoms with Crippen molar-refractivity contribution >= 4 is 17.9 Å². The lowest BCUT2D eigenvalue weighted by molar-refractivity contribution is -0.147. The van der Waals surface area contributed by atoms with Gasteiger partial charge in [0.25, 0.3) is 0 Å². The molecule has 6 N–H and O–H groups in total. The van der Waals surface area contributed by atoms with Crippen LogP contribution in [0, 0.1) is 5.92 Å². The maximum Gasteiger partial charge on any atom is 0.332 e. The Labute approximate surface area is 111 Å². The molecule has 0 spiro atoms. The first kappa shape index (κ1) is 17.2. The van der Waals surface area contributed by atoms with Gasteiger partial charge in [-0.3, -0.25) is 4.79 Å². The summed E-state index contributed by atoms with van der Waals surface area (Å²) in [5.74, 6) is -1.62. The Morgan fingerprint density at radius 2 is 1.84 bits per heavy atom. The number of rotatable bonds is 8. The van der Waals surface area contributed by atoms with Crippen LogP contribution in [0.3, 0.4) is 0 Å². The first-order valence-electron chi connectivity index (χ1n) is 5.98. The minimum Gasteiger partial charge on any atom is -0.479 e. The van der Waals surface area contributed by atoms with Crippen molar-refractivity contribution in [3.05, 3.63) is 0 Å². The van der Waals surface area contributed by atoms with Crippen LogP contribution in [0.5, 0.6) is 0 Å². The Kier molecular flexibility index (Phi) is 7.50. The number of carbonyl (C=O) groups is 3. The van der Waals surface area contributed by atoms with Gasteiger partial charge in [0.15, 0.2) is 6.10 Å². The predicted octanol–water partition coefficient (Wildman–Crippen LogP) is -0.979. The van der Waals surface area contributed by atoms with Crippen LogP contribution in [0.25, 0.3) is 0 Å². The molecule has 1 unspecified atom stereocenters. The zero-order valence-electron chi connectivity index (χ0n) is 11.0. The quantitative estimate of drug-likeness (QED) is 0.387. The molecule has 0 aromatic rings. The highest BCUT2D eigenvalue weighted by Crippen LogP contribution is 2.05. The molecule has 0 aliphatic rings. The summed E-state index contributed by atoms with van der Waals surface area (Å²) in [5, 5.41) is 22.3. The molecule has 2 atom stereocenters. The molecule has 0 saturated heterocycles. The van der Waals surface area contributed by atoms with Crippen molar-refractivity contribution in [3.63, 3.8) is 0 Å². The molecule has 0 rings (SSSR count). The van der Waals surface area contributed by atoms with Crippen LogP contribution >= 0.6 is 0 Å². The maximum atomic E-state index is 11.8. The van der Waals surface area contributed by atoms with Crippen LogP contribution in [0.4, 0.5) is 4.79 Å². The van der Waals surface area contributed by atoms with Crippen LogP contribution < -0.4 is 16.4 Å². The molecule has 0 bridgehead atoms. The normalized spacial score (nSPS) is 13.7. The van der Waals surface area contributed by atoms with Gasteiger partial charge in [-0.25, -0.2) is 9.59 Å². The van der Waals surface area contributed by atoms with Crippen molar-refractivity contribution in [1.82, 2.24) is 10.6 Å². The molecule has 0 fully saturated rings. The van der Waals surface area contributed by atoms with Crippen molar-refractivity contribution in [1.29, 1.82) is 0 Å². The minimum absolute atomic E-state index is 0.00133. The number of hydrogen-bond donors (Lipinski definition) is 5. The van der Waals surface area contributed by atoms with Crippen LogP contribution in [0.15, 0.2) is 0 Å². The zero-order valence-corrected chi connectivity index (χ0v) is 11.0. The lowest BCUT2D eigenvalue weighted by Crippen LogP contribution is -2.49. The predicted molar refractivity (Wildman–Crippen MR) is 67.2 cm³/mol. The van der Waals surface area contributed by atoms with Crippen LogP contribution in [-0.2, 0) is 9.59 Å². The number of primary amides is 1. The minimum atomic E-state index is -1.52. The van der Waals surface area contributed by atoms with Gasteiger partial charge in [0.05, 0.1) is 0 Å². The Morgan fingerprint density at radius 1 is 1.26 bits per heavy atom. The van der Waals surface area contributed by atoms with E-state index in [4.69, 9.17) is 15.9 Å². The fraction of sp³-hybridized carbons (Fsp3) is 0.727. The fourth-order valence-electron chi connectivity index (χ4n) is 1.45. The monoisotopic (exact) mass is 275 g/mol. The lowest BCUT2D eigenvalue weighted by Gasteiger charge is -2.19. The summed E-state index contributed by atoms with van der Waals surface area (Å²) in [6.07, 6.45) is -1.21. The first-order chi connectivity index (χ1) is 8.73. The highest BCUT2D eigenvalue weighted by atomic mass is 16.4. The van der Waals surface area contributed by atoms with Crippen molar-refractivity contribution in [2.24, 2.45) is 11.7 Å². The third-order valence-electron chi connectivity index (χ3n) is 2.34. The highest BCUT2D eigenvalue weighted by molar-refractivity contribution is 5.86. The third kappa shape index (κ3) is 7.98. The molecule has 0 aliphatic carbocycles. The number of aliphatic carboxylic acids is 1. The Bertz CT molecular complexity index is 332. The molecule has 0 aromatic heterocycles. The molecule has 3 amide bonds. The van der Waals surface area contributed by atoms with Gasteiger partial charge in [-0.05, 0) is 12.3 Å². The van der Waals surface area contributed by atoms with Gasteiger partial charge in [-0.1, -0.05) is 13.8 Å². The molecular formula is C11H21N3O5. The van der Waals surface area contributed by atoms with E-state index in [2.05, 4.69) is 10.6 Å². The molecule has 8 heteroatoms. The highest BCUT2D eigenvalue weighted by Gasteiger charge is 2.21. The summed E-state index contributed by atoms with van der Waals surface area (Å²) >= 11 is 0.